The second-order valence-corrected chi connectivity index (χ2v) is 6.05. The number of rotatable bonds is 7. The smallest absolute Gasteiger partial charge is 0.129 e. The van der Waals surface area contributed by atoms with Crippen LogP contribution in [-0.4, -0.2) is 30.6 Å². The lowest BCUT2D eigenvalue weighted by Gasteiger charge is -2.26. The highest BCUT2D eigenvalue weighted by molar-refractivity contribution is 6.30. The largest absolute Gasteiger partial charge is 0.313 e. The Kier molecular flexibility index (Phi) is 6.27. The summed E-state index contributed by atoms with van der Waals surface area (Å²) in [7, 11) is 0. The van der Waals surface area contributed by atoms with Crippen molar-refractivity contribution in [2.45, 2.75) is 45.2 Å². The van der Waals surface area contributed by atoms with E-state index >= 15 is 0 Å². The van der Waals surface area contributed by atoms with Gasteiger partial charge in [-0.05, 0) is 44.5 Å². The van der Waals surface area contributed by atoms with E-state index in [1.54, 1.807) is 12.1 Å². The lowest BCUT2D eigenvalue weighted by atomic mass is 10.1. The van der Waals surface area contributed by atoms with Gasteiger partial charge in [-0.15, -0.1) is 0 Å². The molecule has 112 valence electrons. The van der Waals surface area contributed by atoms with Crippen LogP contribution in [0.5, 0.6) is 0 Å². The molecule has 2 rings (SSSR count). The number of unbranched alkanes of at least 4 members (excludes halogenated alkanes) is 1. The molecule has 4 heteroatoms. The number of hydrogen-bond donors (Lipinski definition) is 1. The summed E-state index contributed by atoms with van der Waals surface area (Å²) in [4.78, 5) is 2.36. The van der Waals surface area contributed by atoms with Gasteiger partial charge in [0.15, 0.2) is 0 Å². The quantitative estimate of drug-likeness (QED) is 0.823. The molecule has 1 aliphatic rings. The minimum absolute atomic E-state index is 0.196. The Balaban J connectivity index is 1.97. The summed E-state index contributed by atoms with van der Waals surface area (Å²) in [6.07, 6.45) is 4.80. The van der Waals surface area contributed by atoms with E-state index in [-0.39, 0.29) is 5.82 Å². The van der Waals surface area contributed by atoms with Crippen molar-refractivity contribution in [2.75, 3.05) is 19.6 Å². The molecule has 20 heavy (non-hydrogen) atoms. The molecule has 1 atom stereocenters. The maximum Gasteiger partial charge on any atom is 0.129 e. The molecule has 0 amide bonds. The molecular formula is C16H24ClFN2. The first kappa shape index (κ1) is 15.7. The van der Waals surface area contributed by atoms with E-state index in [0.717, 1.165) is 38.0 Å². The fraction of sp³-hybridized carbons (Fsp3) is 0.625. The Hall–Kier alpha value is -0.640. The van der Waals surface area contributed by atoms with Crippen LogP contribution >= 0.6 is 11.6 Å². The van der Waals surface area contributed by atoms with Crippen molar-refractivity contribution < 1.29 is 4.39 Å². The van der Waals surface area contributed by atoms with E-state index in [4.69, 9.17) is 11.6 Å². The van der Waals surface area contributed by atoms with Gasteiger partial charge < -0.3 is 5.32 Å². The lowest BCUT2D eigenvalue weighted by molar-refractivity contribution is 0.235. The highest BCUT2D eigenvalue weighted by atomic mass is 35.5. The van der Waals surface area contributed by atoms with Crippen molar-refractivity contribution >= 4 is 11.6 Å². The maximum absolute atomic E-state index is 13.9. The fourth-order valence-corrected chi connectivity index (χ4v) is 2.89. The summed E-state index contributed by atoms with van der Waals surface area (Å²) in [5.74, 6) is -0.196. The molecule has 0 spiro atoms. The van der Waals surface area contributed by atoms with Crippen LogP contribution in [0.25, 0.3) is 0 Å². The number of hydrogen-bond acceptors (Lipinski definition) is 2. The molecule has 1 unspecified atom stereocenters. The molecule has 0 aliphatic carbocycles. The van der Waals surface area contributed by atoms with Crippen LogP contribution in [0.4, 0.5) is 4.39 Å². The van der Waals surface area contributed by atoms with Gasteiger partial charge in [0.1, 0.15) is 5.82 Å². The molecule has 1 N–H and O–H groups in total. The predicted molar refractivity (Wildman–Crippen MR) is 82.6 cm³/mol. The average molecular weight is 299 g/mol. The van der Waals surface area contributed by atoms with Crippen LogP contribution in [0.3, 0.4) is 0 Å². The third-order valence-corrected chi connectivity index (χ3v) is 4.11. The maximum atomic E-state index is 13.9. The van der Waals surface area contributed by atoms with Crippen LogP contribution in [0, 0.1) is 5.82 Å². The molecule has 1 saturated heterocycles. The van der Waals surface area contributed by atoms with Crippen LogP contribution in [0.1, 0.15) is 38.2 Å². The number of halogens is 2. The van der Waals surface area contributed by atoms with Crippen LogP contribution in [0.2, 0.25) is 5.02 Å². The molecule has 1 heterocycles. The van der Waals surface area contributed by atoms with E-state index in [2.05, 4.69) is 17.1 Å². The van der Waals surface area contributed by atoms with Gasteiger partial charge in [-0.3, -0.25) is 4.90 Å². The monoisotopic (exact) mass is 298 g/mol. The van der Waals surface area contributed by atoms with Crippen LogP contribution in [0.15, 0.2) is 18.2 Å². The Bertz CT molecular complexity index is 419. The fourth-order valence-electron chi connectivity index (χ4n) is 2.73. The molecule has 0 aromatic heterocycles. The zero-order chi connectivity index (χ0) is 14.4. The SMILES string of the molecule is CCCCN(Cc1ccc(Cl)cc1F)CC1CCCN1. The molecule has 1 aromatic carbocycles. The minimum Gasteiger partial charge on any atom is -0.313 e. The van der Waals surface area contributed by atoms with Gasteiger partial charge in [-0.25, -0.2) is 4.39 Å². The standard InChI is InChI=1S/C16H24ClFN2/c1-2-3-9-20(12-15-5-4-8-19-15)11-13-6-7-14(17)10-16(13)18/h6-7,10,15,19H,2-5,8-9,11-12H2,1H3. The highest BCUT2D eigenvalue weighted by Gasteiger charge is 2.18. The third-order valence-electron chi connectivity index (χ3n) is 3.88. The van der Waals surface area contributed by atoms with Gasteiger partial charge in [0.05, 0.1) is 0 Å². The van der Waals surface area contributed by atoms with Crippen molar-refractivity contribution in [2.24, 2.45) is 0 Å². The first-order valence-corrected chi connectivity index (χ1v) is 7.96. The zero-order valence-electron chi connectivity index (χ0n) is 12.2. The molecule has 0 saturated carbocycles. The molecular weight excluding hydrogens is 275 g/mol. The second-order valence-electron chi connectivity index (χ2n) is 5.62. The topological polar surface area (TPSA) is 15.3 Å². The zero-order valence-corrected chi connectivity index (χ0v) is 12.9. The Morgan fingerprint density at radius 3 is 2.95 bits per heavy atom. The lowest BCUT2D eigenvalue weighted by Crippen LogP contribution is -2.37. The highest BCUT2D eigenvalue weighted by Crippen LogP contribution is 2.17. The molecule has 0 radical (unpaired) electrons. The summed E-state index contributed by atoms with van der Waals surface area (Å²) < 4.78 is 13.9. The molecule has 1 aromatic rings. The van der Waals surface area contributed by atoms with Crippen LogP contribution < -0.4 is 5.32 Å². The van der Waals surface area contributed by atoms with Gasteiger partial charge in [0.25, 0.3) is 0 Å². The second kappa shape index (κ2) is 7.96. The van der Waals surface area contributed by atoms with E-state index < -0.39 is 0 Å². The Morgan fingerprint density at radius 1 is 1.45 bits per heavy atom. The van der Waals surface area contributed by atoms with Gasteiger partial charge in [0, 0.05) is 29.7 Å². The number of benzene rings is 1. The first-order valence-electron chi connectivity index (χ1n) is 7.58. The van der Waals surface area contributed by atoms with Gasteiger partial charge in [-0.1, -0.05) is 31.0 Å². The molecule has 1 fully saturated rings. The first-order chi connectivity index (χ1) is 9.69. The van der Waals surface area contributed by atoms with Crippen LogP contribution in [-0.2, 0) is 6.54 Å². The minimum atomic E-state index is -0.196. The van der Waals surface area contributed by atoms with Gasteiger partial charge in [0.2, 0.25) is 0 Å². The molecule has 2 nitrogen and oxygen atoms in total. The van der Waals surface area contributed by atoms with Gasteiger partial charge in [-0.2, -0.15) is 0 Å². The number of nitrogens with one attached hydrogen (secondary N) is 1. The van der Waals surface area contributed by atoms with E-state index in [9.17, 15) is 4.39 Å². The van der Waals surface area contributed by atoms with Crippen molar-refractivity contribution in [1.29, 1.82) is 0 Å². The summed E-state index contributed by atoms with van der Waals surface area (Å²) in [6.45, 7) is 6.00. The van der Waals surface area contributed by atoms with Crippen molar-refractivity contribution in [3.05, 3.63) is 34.6 Å². The molecule has 1 aliphatic heterocycles. The summed E-state index contributed by atoms with van der Waals surface area (Å²) in [6, 6.07) is 5.54. The van der Waals surface area contributed by atoms with Crippen molar-refractivity contribution in [1.82, 2.24) is 10.2 Å². The number of nitrogens with zero attached hydrogens (tertiary/aromatic N) is 1. The van der Waals surface area contributed by atoms with E-state index in [0.29, 0.717) is 17.6 Å². The van der Waals surface area contributed by atoms with E-state index in [1.165, 1.54) is 18.9 Å². The van der Waals surface area contributed by atoms with E-state index in [1.807, 2.05) is 0 Å². The predicted octanol–water partition coefficient (Wildman–Crippen LogP) is 3.83. The van der Waals surface area contributed by atoms with Crippen molar-refractivity contribution in [3.8, 4) is 0 Å². The summed E-state index contributed by atoms with van der Waals surface area (Å²) >= 11 is 5.81. The average Bonchev–Trinajstić information content (AvgIpc) is 2.92. The third kappa shape index (κ3) is 4.72. The molecule has 0 bridgehead atoms. The Labute approximate surface area is 126 Å². The Morgan fingerprint density at radius 2 is 2.30 bits per heavy atom. The summed E-state index contributed by atoms with van der Waals surface area (Å²) in [5, 5.41) is 3.98. The summed E-state index contributed by atoms with van der Waals surface area (Å²) in [5.41, 5.74) is 0.739. The normalized spacial score (nSPS) is 18.9. The van der Waals surface area contributed by atoms with Crippen molar-refractivity contribution in [3.63, 3.8) is 0 Å². The van der Waals surface area contributed by atoms with Gasteiger partial charge >= 0.3 is 0 Å².